The summed E-state index contributed by atoms with van der Waals surface area (Å²) in [6.45, 7) is 28.0. The van der Waals surface area contributed by atoms with Gasteiger partial charge in [0.2, 0.25) is 5.95 Å². The van der Waals surface area contributed by atoms with Crippen molar-refractivity contribution in [2.45, 2.75) is 116 Å². The Morgan fingerprint density at radius 1 is 0.735 bits per heavy atom. The summed E-state index contributed by atoms with van der Waals surface area (Å²) in [5, 5.41) is 7.45. The van der Waals surface area contributed by atoms with Crippen molar-refractivity contribution in [1.82, 2.24) is 25.0 Å². The Morgan fingerprint density at radius 3 is 1.50 bits per heavy atom. The highest BCUT2D eigenvalue weighted by atomic mass is 15.9. The molecule has 7 heteroatoms. The zero-order valence-electron chi connectivity index (χ0n) is 22.9. The van der Waals surface area contributed by atoms with Crippen molar-refractivity contribution in [3.63, 3.8) is 0 Å². The van der Waals surface area contributed by atoms with E-state index in [1.807, 2.05) is 12.2 Å². The van der Waals surface area contributed by atoms with Crippen LogP contribution in [-0.4, -0.2) is 60.2 Å². The molecule has 1 aromatic heterocycles. The van der Waals surface area contributed by atoms with E-state index < -0.39 is 0 Å². The van der Waals surface area contributed by atoms with Gasteiger partial charge in [0.1, 0.15) is 6.33 Å². The molecule has 190 valence electrons. The van der Waals surface area contributed by atoms with Gasteiger partial charge in [-0.2, -0.15) is 25.1 Å². The zero-order chi connectivity index (χ0) is 25.4. The SMILES string of the molecule is C=CCN(CC=C)c1ncnc(N(N2C(C)(C)CCCC2(C)C)N2C(C)(C)CCCC2(C)C)n1. The lowest BCUT2D eigenvalue weighted by atomic mass is 9.80. The second kappa shape index (κ2) is 9.57. The van der Waals surface area contributed by atoms with Gasteiger partial charge < -0.3 is 4.90 Å². The van der Waals surface area contributed by atoms with Crippen molar-refractivity contribution < 1.29 is 0 Å². The van der Waals surface area contributed by atoms with E-state index in [9.17, 15) is 0 Å². The first kappa shape index (κ1) is 26.6. The molecule has 0 bridgehead atoms. The van der Waals surface area contributed by atoms with Crippen LogP contribution < -0.4 is 10.0 Å². The van der Waals surface area contributed by atoms with E-state index in [-0.39, 0.29) is 22.2 Å². The lowest BCUT2D eigenvalue weighted by Gasteiger charge is -2.64. The maximum Gasteiger partial charge on any atom is 0.260 e. The molecular formula is C27H47N7. The van der Waals surface area contributed by atoms with E-state index in [0.29, 0.717) is 25.0 Å². The highest BCUT2D eigenvalue weighted by Crippen LogP contribution is 2.47. The maximum absolute atomic E-state index is 5.07. The third kappa shape index (κ3) is 5.15. The number of aromatic nitrogens is 3. The molecule has 7 nitrogen and oxygen atoms in total. The number of piperidine rings is 2. The Morgan fingerprint density at radius 2 is 1.12 bits per heavy atom. The highest BCUT2D eigenvalue weighted by molar-refractivity contribution is 5.39. The minimum absolute atomic E-state index is 0.0555. The summed E-state index contributed by atoms with van der Waals surface area (Å²) >= 11 is 0. The van der Waals surface area contributed by atoms with E-state index in [1.165, 1.54) is 12.8 Å². The Balaban J connectivity index is 2.24. The summed E-state index contributed by atoms with van der Waals surface area (Å²) in [6.07, 6.45) is 12.3. The summed E-state index contributed by atoms with van der Waals surface area (Å²) in [6, 6.07) is 0. The van der Waals surface area contributed by atoms with Crippen LogP contribution in [0.5, 0.6) is 0 Å². The lowest BCUT2D eigenvalue weighted by molar-refractivity contribution is -0.150. The second-order valence-electron chi connectivity index (χ2n) is 12.4. The number of hydrazine groups is 2. The number of anilines is 2. The van der Waals surface area contributed by atoms with E-state index in [2.05, 4.69) is 93.6 Å². The Labute approximate surface area is 207 Å². The largest absolute Gasteiger partial charge is 0.333 e. The van der Waals surface area contributed by atoms with Crippen LogP contribution >= 0.6 is 0 Å². The molecule has 0 unspecified atom stereocenters. The van der Waals surface area contributed by atoms with Crippen molar-refractivity contribution >= 4 is 11.9 Å². The lowest BCUT2D eigenvalue weighted by Crippen LogP contribution is -2.76. The Hall–Kier alpha value is -1.99. The molecule has 0 N–H and O–H groups in total. The van der Waals surface area contributed by atoms with Gasteiger partial charge in [0.15, 0.2) is 0 Å². The van der Waals surface area contributed by atoms with Crippen molar-refractivity contribution in [3.8, 4) is 0 Å². The van der Waals surface area contributed by atoms with Crippen LogP contribution in [0.1, 0.15) is 93.9 Å². The van der Waals surface area contributed by atoms with E-state index in [1.54, 1.807) is 6.33 Å². The molecule has 3 heterocycles. The molecular weight excluding hydrogens is 422 g/mol. The molecule has 2 aliphatic heterocycles. The third-order valence-corrected chi connectivity index (χ3v) is 7.53. The molecule has 2 aliphatic rings. The predicted molar refractivity (Wildman–Crippen MR) is 143 cm³/mol. The fraction of sp³-hybridized carbons (Fsp3) is 0.741. The molecule has 0 amide bonds. The molecule has 2 fully saturated rings. The standard InChI is InChI=1S/C27H47N7/c1-11-19-31(20-12-2)22-28-21-29-23(30-22)32(33-24(3,4)15-13-16-25(33,5)6)34-26(7,8)17-14-18-27(34,9)10/h11-12,21H,1-2,13-20H2,3-10H3. The van der Waals surface area contributed by atoms with Crippen molar-refractivity contribution in [2.75, 3.05) is 23.1 Å². The first-order chi connectivity index (χ1) is 15.8. The molecule has 0 saturated carbocycles. The molecule has 0 spiro atoms. The summed E-state index contributed by atoms with van der Waals surface area (Å²) < 4.78 is 0. The second-order valence-corrected chi connectivity index (χ2v) is 12.4. The van der Waals surface area contributed by atoms with Gasteiger partial charge in [-0.1, -0.05) is 12.2 Å². The molecule has 1 aromatic rings. The van der Waals surface area contributed by atoms with Crippen LogP contribution in [0.4, 0.5) is 11.9 Å². The summed E-state index contributed by atoms with van der Waals surface area (Å²) in [7, 11) is 0. The molecule has 2 saturated heterocycles. The maximum atomic E-state index is 5.07. The number of nitrogens with zero attached hydrogens (tertiary/aromatic N) is 7. The summed E-state index contributed by atoms with van der Waals surface area (Å²) in [5.74, 6) is 1.32. The fourth-order valence-corrected chi connectivity index (χ4v) is 6.34. The number of hydrogen-bond acceptors (Lipinski definition) is 7. The van der Waals surface area contributed by atoms with Crippen molar-refractivity contribution in [3.05, 3.63) is 31.6 Å². The van der Waals surface area contributed by atoms with Gasteiger partial charge in [0.05, 0.1) is 0 Å². The smallest absolute Gasteiger partial charge is 0.260 e. The zero-order valence-corrected chi connectivity index (χ0v) is 22.9. The highest BCUT2D eigenvalue weighted by Gasteiger charge is 2.53. The first-order valence-corrected chi connectivity index (χ1v) is 12.8. The van der Waals surface area contributed by atoms with Crippen molar-refractivity contribution in [2.24, 2.45) is 0 Å². The molecule has 0 radical (unpaired) electrons. The molecule has 34 heavy (non-hydrogen) atoms. The van der Waals surface area contributed by atoms with Crippen LogP contribution in [0.15, 0.2) is 31.6 Å². The molecule has 3 rings (SSSR count). The number of rotatable bonds is 8. The topological polar surface area (TPSA) is 51.6 Å². The minimum atomic E-state index is -0.0555. The van der Waals surface area contributed by atoms with Crippen LogP contribution in [0, 0.1) is 0 Å². The van der Waals surface area contributed by atoms with Gasteiger partial charge in [-0.15, -0.1) is 13.2 Å². The van der Waals surface area contributed by atoms with Crippen LogP contribution in [0.2, 0.25) is 0 Å². The number of hydrogen-bond donors (Lipinski definition) is 0. The van der Waals surface area contributed by atoms with Gasteiger partial charge in [0.25, 0.3) is 5.95 Å². The van der Waals surface area contributed by atoms with Crippen LogP contribution in [-0.2, 0) is 0 Å². The average Bonchev–Trinajstić information content (AvgIpc) is 2.70. The monoisotopic (exact) mass is 469 g/mol. The van der Waals surface area contributed by atoms with Gasteiger partial charge in [-0.05, 0) is 93.9 Å². The molecule has 0 aliphatic carbocycles. The molecule has 0 aromatic carbocycles. The Bertz CT molecular complexity index is 793. The van der Waals surface area contributed by atoms with Gasteiger partial charge in [-0.25, -0.2) is 4.98 Å². The van der Waals surface area contributed by atoms with E-state index in [4.69, 9.17) is 9.97 Å². The third-order valence-electron chi connectivity index (χ3n) is 7.53. The normalized spacial score (nSPS) is 23.8. The quantitative estimate of drug-likeness (QED) is 0.448. The summed E-state index contributed by atoms with van der Waals surface area (Å²) in [4.78, 5) is 16.5. The van der Waals surface area contributed by atoms with E-state index in [0.717, 1.165) is 25.7 Å². The fourth-order valence-electron chi connectivity index (χ4n) is 6.34. The van der Waals surface area contributed by atoms with Crippen LogP contribution in [0.3, 0.4) is 0 Å². The predicted octanol–water partition coefficient (Wildman–Crippen LogP) is 5.77. The van der Waals surface area contributed by atoms with Crippen LogP contribution in [0.25, 0.3) is 0 Å². The molecule has 0 atom stereocenters. The minimum Gasteiger partial charge on any atom is -0.333 e. The van der Waals surface area contributed by atoms with Gasteiger partial charge in [0, 0.05) is 35.2 Å². The van der Waals surface area contributed by atoms with E-state index >= 15 is 0 Å². The summed E-state index contributed by atoms with van der Waals surface area (Å²) in [5.41, 5.74) is -0.222. The average molecular weight is 470 g/mol. The van der Waals surface area contributed by atoms with Gasteiger partial charge in [-0.3, -0.25) is 0 Å². The Kier molecular flexibility index (Phi) is 7.49. The van der Waals surface area contributed by atoms with Gasteiger partial charge >= 0.3 is 0 Å². The first-order valence-electron chi connectivity index (χ1n) is 12.8. The van der Waals surface area contributed by atoms with Crippen molar-refractivity contribution in [1.29, 1.82) is 0 Å².